The van der Waals surface area contributed by atoms with E-state index < -0.39 is 0 Å². The fraction of sp³-hybridized carbons (Fsp3) is 0.650. The number of rotatable bonds is 15. The van der Waals surface area contributed by atoms with Crippen molar-refractivity contribution in [1.82, 2.24) is 0 Å². The van der Waals surface area contributed by atoms with Gasteiger partial charge in [0.1, 0.15) is 6.29 Å². The molecule has 0 radical (unpaired) electrons. The minimum atomic E-state index is 0.730. The second-order valence-corrected chi connectivity index (χ2v) is 5.54. The SMILES string of the molecule is CCCCCC=CCC=CC/C=C\CCCCCCC=O. The summed E-state index contributed by atoms with van der Waals surface area (Å²) in [5.41, 5.74) is 0. The summed E-state index contributed by atoms with van der Waals surface area (Å²) in [5.74, 6) is 0. The van der Waals surface area contributed by atoms with Gasteiger partial charge in [-0.2, -0.15) is 0 Å². The van der Waals surface area contributed by atoms with Crippen molar-refractivity contribution in [1.29, 1.82) is 0 Å². The van der Waals surface area contributed by atoms with Crippen molar-refractivity contribution >= 4 is 6.29 Å². The molecule has 0 amide bonds. The molecule has 0 aromatic carbocycles. The molecule has 0 atom stereocenters. The maximum atomic E-state index is 10.1. The van der Waals surface area contributed by atoms with Crippen molar-refractivity contribution in [3.63, 3.8) is 0 Å². The van der Waals surface area contributed by atoms with Gasteiger partial charge in [-0.05, 0) is 44.9 Å². The maximum Gasteiger partial charge on any atom is 0.119 e. The zero-order chi connectivity index (χ0) is 15.4. The summed E-state index contributed by atoms with van der Waals surface area (Å²) in [6.45, 7) is 2.24. The predicted molar refractivity (Wildman–Crippen MR) is 94.6 cm³/mol. The predicted octanol–water partition coefficient (Wildman–Crippen LogP) is 6.56. The summed E-state index contributed by atoms with van der Waals surface area (Å²) in [7, 11) is 0. The third kappa shape index (κ3) is 18.9. The van der Waals surface area contributed by atoms with E-state index in [1.165, 1.54) is 51.4 Å². The first-order valence-corrected chi connectivity index (χ1v) is 8.80. The standard InChI is InChI=1S/C20H34O/c1-2-3-4-5-6-7-8-9-10-11-12-13-14-15-16-17-18-19-20-21/h6-7,9-10,12-13,20H,2-5,8,11,14-19H2,1H3/b7-6?,10-9?,13-12-. The van der Waals surface area contributed by atoms with E-state index in [1.54, 1.807) is 0 Å². The summed E-state index contributed by atoms with van der Waals surface area (Å²) < 4.78 is 0. The summed E-state index contributed by atoms with van der Waals surface area (Å²) in [4.78, 5) is 10.1. The van der Waals surface area contributed by atoms with Crippen LogP contribution in [-0.2, 0) is 4.79 Å². The lowest BCUT2D eigenvalue weighted by molar-refractivity contribution is -0.107. The van der Waals surface area contributed by atoms with E-state index in [-0.39, 0.29) is 0 Å². The first-order chi connectivity index (χ1) is 10.4. The molecular formula is C20H34O. The van der Waals surface area contributed by atoms with Crippen LogP contribution in [0.2, 0.25) is 0 Å². The average Bonchev–Trinajstić information content (AvgIpc) is 2.50. The normalized spacial score (nSPS) is 12.0. The molecule has 0 heterocycles. The molecule has 0 aliphatic rings. The van der Waals surface area contributed by atoms with Gasteiger partial charge >= 0.3 is 0 Å². The molecule has 21 heavy (non-hydrogen) atoms. The van der Waals surface area contributed by atoms with E-state index in [4.69, 9.17) is 0 Å². The Morgan fingerprint density at radius 1 is 0.571 bits per heavy atom. The molecule has 0 fully saturated rings. The molecule has 0 aromatic heterocycles. The fourth-order valence-corrected chi connectivity index (χ4v) is 2.13. The van der Waals surface area contributed by atoms with Crippen LogP contribution in [0.3, 0.4) is 0 Å². The molecule has 0 rings (SSSR count). The van der Waals surface area contributed by atoms with E-state index in [2.05, 4.69) is 43.4 Å². The number of unbranched alkanes of at least 4 members (excludes halogenated alkanes) is 8. The van der Waals surface area contributed by atoms with Crippen molar-refractivity contribution in [3.8, 4) is 0 Å². The minimum absolute atomic E-state index is 0.730. The number of carbonyl (C=O) groups excluding carboxylic acids is 1. The molecule has 1 heteroatoms. The van der Waals surface area contributed by atoms with Gasteiger partial charge in [-0.3, -0.25) is 0 Å². The van der Waals surface area contributed by atoms with Crippen LogP contribution < -0.4 is 0 Å². The van der Waals surface area contributed by atoms with Gasteiger partial charge in [-0.25, -0.2) is 0 Å². The molecule has 0 unspecified atom stereocenters. The molecule has 0 aliphatic carbocycles. The second kappa shape index (κ2) is 18.9. The smallest absolute Gasteiger partial charge is 0.119 e. The number of aldehydes is 1. The topological polar surface area (TPSA) is 17.1 Å². The number of hydrogen-bond acceptors (Lipinski definition) is 1. The molecule has 0 aromatic rings. The molecule has 0 aliphatic heterocycles. The first kappa shape index (κ1) is 19.9. The summed E-state index contributed by atoms with van der Waals surface area (Å²) >= 11 is 0. The summed E-state index contributed by atoms with van der Waals surface area (Å²) in [6, 6.07) is 0. The monoisotopic (exact) mass is 290 g/mol. The lowest BCUT2D eigenvalue weighted by Gasteiger charge is -1.95. The van der Waals surface area contributed by atoms with E-state index in [0.717, 1.165) is 32.0 Å². The van der Waals surface area contributed by atoms with Crippen molar-refractivity contribution in [3.05, 3.63) is 36.5 Å². The first-order valence-electron chi connectivity index (χ1n) is 8.80. The van der Waals surface area contributed by atoms with Crippen LogP contribution in [0.25, 0.3) is 0 Å². The van der Waals surface area contributed by atoms with Crippen molar-refractivity contribution in [2.24, 2.45) is 0 Å². The van der Waals surface area contributed by atoms with E-state index in [0.29, 0.717) is 0 Å². The number of carbonyl (C=O) groups is 1. The Morgan fingerprint density at radius 3 is 1.57 bits per heavy atom. The highest BCUT2D eigenvalue weighted by atomic mass is 16.1. The lowest BCUT2D eigenvalue weighted by atomic mass is 10.1. The Balaban J connectivity index is 3.26. The minimum Gasteiger partial charge on any atom is -0.303 e. The quantitative estimate of drug-likeness (QED) is 0.190. The van der Waals surface area contributed by atoms with Gasteiger partial charge in [0.2, 0.25) is 0 Å². The summed E-state index contributed by atoms with van der Waals surface area (Å²) in [6.07, 6.45) is 28.6. The molecule has 120 valence electrons. The highest BCUT2D eigenvalue weighted by Crippen LogP contribution is 2.05. The Bertz CT molecular complexity index is 286. The zero-order valence-electron chi connectivity index (χ0n) is 13.9. The number of hydrogen-bond donors (Lipinski definition) is 0. The van der Waals surface area contributed by atoms with Crippen LogP contribution in [0.4, 0.5) is 0 Å². The van der Waals surface area contributed by atoms with Crippen molar-refractivity contribution < 1.29 is 4.79 Å². The van der Waals surface area contributed by atoms with Gasteiger partial charge in [-0.1, -0.05) is 69.1 Å². The zero-order valence-corrected chi connectivity index (χ0v) is 13.9. The second-order valence-electron chi connectivity index (χ2n) is 5.54. The molecule has 0 spiro atoms. The van der Waals surface area contributed by atoms with Gasteiger partial charge in [-0.15, -0.1) is 0 Å². The van der Waals surface area contributed by atoms with Gasteiger partial charge in [0, 0.05) is 6.42 Å². The van der Waals surface area contributed by atoms with Crippen LogP contribution in [0.5, 0.6) is 0 Å². The molecular weight excluding hydrogens is 256 g/mol. The van der Waals surface area contributed by atoms with Gasteiger partial charge < -0.3 is 4.79 Å². The van der Waals surface area contributed by atoms with E-state index in [1.807, 2.05) is 0 Å². The molecule has 0 saturated heterocycles. The van der Waals surface area contributed by atoms with Crippen LogP contribution in [0.1, 0.15) is 84.0 Å². The molecule has 1 nitrogen and oxygen atoms in total. The van der Waals surface area contributed by atoms with E-state index >= 15 is 0 Å². The van der Waals surface area contributed by atoms with Crippen LogP contribution in [-0.4, -0.2) is 6.29 Å². The van der Waals surface area contributed by atoms with Gasteiger partial charge in [0.05, 0.1) is 0 Å². The molecule has 0 N–H and O–H groups in total. The summed E-state index contributed by atoms with van der Waals surface area (Å²) in [5, 5.41) is 0. The molecule has 0 saturated carbocycles. The fourth-order valence-electron chi connectivity index (χ4n) is 2.13. The van der Waals surface area contributed by atoms with Crippen LogP contribution >= 0.6 is 0 Å². The number of allylic oxidation sites excluding steroid dienone is 6. The van der Waals surface area contributed by atoms with Crippen molar-refractivity contribution in [2.75, 3.05) is 0 Å². The van der Waals surface area contributed by atoms with Gasteiger partial charge in [0.15, 0.2) is 0 Å². The Morgan fingerprint density at radius 2 is 1.05 bits per heavy atom. The Labute approximate surface area is 132 Å². The van der Waals surface area contributed by atoms with Crippen LogP contribution in [0.15, 0.2) is 36.5 Å². The maximum absolute atomic E-state index is 10.1. The van der Waals surface area contributed by atoms with E-state index in [9.17, 15) is 4.79 Å². The van der Waals surface area contributed by atoms with Crippen molar-refractivity contribution in [2.45, 2.75) is 84.0 Å². The largest absolute Gasteiger partial charge is 0.303 e. The Hall–Kier alpha value is -1.11. The molecule has 0 bridgehead atoms. The average molecular weight is 290 g/mol. The lowest BCUT2D eigenvalue weighted by Crippen LogP contribution is -1.79. The third-order valence-electron chi connectivity index (χ3n) is 3.46. The highest BCUT2D eigenvalue weighted by Gasteiger charge is 1.87. The van der Waals surface area contributed by atoms with Crippen LogP contribution in [0, 0.1) is 0 Å². The highest BCUT2D eigenvalue weighted by molar-refractivity contribution is 5.48. The Kier molecular flexibility index (Phi) is 17.9. The van der Waals surface area contributed by atoms with Gasteiger partial charge in [0.25, 0.3) is 0 Å². The third-order valence-corrected chi connectivity index (χ3v) is 3.46.